The highest BCUT2D eigenvalue weighted by Crippen LogP contribution is 2.41. The average Bonchev–Trinajstić information content (AvgIpc) is 2.28. The number of methoxy groups -OCH3 is 1. The number of β-amino-alcohol motifs (C(OH)–C–C–N with tert-alkyl or cyclic N) is 1. The van der Waals surface area contributed by atoms with Gasteiger partial charge in [-0.1, -0.05) is 6.07 Å². The van der Waals surface area contributed by atoms with Gasteiger partial charge in [0.2, 0.25) is 0 Å². The lowest BCUT2D eigenvalue weighted by Crippen LogP contribution is -2.28. The molecule has 1 N–H and O–H groups in total. The third kappa shape index (κ3) is 2.30. The minimum absolute atomic E-state index is 0.504. The lowest BCUT2D eigenvalue weighted by molar-refractivity contribution is 0.142. The Morgan fingerprint density at radius 2 is 2.44 bits per heavy atom. The van der Waals surface area contributed by atoms with Gasteiger partial charge in [0.1, 0.15) is 5.75 Å². The summed E-state index contributed by atoms with van der Waals surface area (Å²) in [6.45, 7) is 1.35. The van der Waals surface area contributed by atoms with Crippen LogP contribution in [-0.4, -0.2) is 35.5 Å². The standard InChI is InChI=1S/C11H14ClNO2S/c1-15-9-3-2-4-10-11(9)8(14)7-13(16-10)6-5-12/h2-4,8,14H,5-7H2,1H3. The molecule has 1 aromatic carbocycles. The smallest absolute Gasteiger partial charge is 0.125 e. The van der Waals surface area contributed by atoms with E-state index in [1.54, 1.807) is 19.1 Å². The zero-order valence-electron chi connectivity index (χ0n) is 9.02. The maximum Gasteiger partial charge on any atom is 0.125 e. The number of ether oxygens (including phenoxy) is 1. The van der Waals surface area contributed by atoms with Crippen LogP contribution in [0.3, 0.4) is 0 Å². The number of hydrogen-bond acceptors (Lipinski definition) is 4. The summed E-state index contributed by atoms with van der Waals surface area (Å²) >= 11 is 7.33. The zero-order chi connectivity index (χ0) is 11.5. The van der Waals surface area contributed by atoms with Gasteiger partial charge in [-0.05, 0) is 24.1 Å². The van der Waals surface area contributed by atoms with E-state index in [4.69, 9.17) is 16.3 Å². The first-order valence-corrected chi connectivity index (χ1v) is 6.41. The molecular formula is C11H14ClNO2S. The Hall–Kier alpha value is -0.420. The van der Waals surface area contributed by atoms with Gasteiger partial charge in [0.15, 0.2) is 0 Å². The van der Waals surface area contributed by atoms with Gasteiger partial charge in [-0.2, -0.15) is 0 Å². The van der Waals surface area contributed by atoms with Crippen LogP contribution >= 0.6 is 23.5 Å². The van der Waals surface area contributed by atoms with Crippen LogP contribution in [0.5, 0.6) is 5.75 Å². The van der Waals surface area contributed by atoms with E-state index in [0.717, 1.165) is 22.8 Å². The molecule has 5 heteroatoms. The molecule has 1 aromatic rings. The summed E-state index contributed by atoms with van der Waals surface area (Å²) in [5, 5.41) is 10.1. The third-order valence-corrected chi connectivity index (χ3v) is 3.83. The number of halogens is 1. The van der Waals surface area contributed by atoms with Crippen LogP contribution in [0.15, 0.2) is 23.1 Å². The molecule has 2 rings (SSSR count). The normalized spacial score (nSPS) is 20.6. The van der Waals surface area contributed by atoms with Crippen LogP contribution in [0.2, 0.25) is 0 Å². The molecule has 88 valence electrons. The van der Waals surface area contributed by atoms with Gasteiger partial charge in [0.25, 0.3) is 0 Å². The van der Waals surface area contributed by atoms with E-state index in [0.29, 0.717) is 12.4 Å². The minimum atomic E-state index is -0.504. The maximum atomic E-state index is 10.1. The molecule has 0 fully saturated rings. The monoisotopic (exact) mass is 259 g/mol. The van der Waals surface area contributed by atoms with E-state index in [2.05, 4.69) is 4.31 Å². The first-order valence-electron chi connectivity index (χ1n) is 5.10. The minimum Gasteiger partial charge on any atom is -0.496 e. The second kappa shape index (κ2) is 5.27. The molecule has 1 aliphatic rings. The van der Waals surface area contributed by atoms with E-state index >= 15 is 0 Å². The SMILES string of the molecule is COc1cccc2c1C(O)CN(CCCl)S2. The van der Waals surface area contributed by atoms with Crippen molar-refractivity contribution in [2.75, 3.05) is 26.1 Å². The molecule has 0 saturated carbocycles. The fourth-order valence-electron chi connectivity index (χ4n) is 1.80. The summed E-state index contributed by atoms with van der Waals surface area (Å²) < 4.78 is 7.33. The Bertz CT molecular complexity index is 375. The fourth-order valence-corrected chi connectivity index (χ4v) is 3.26. The number of rotatable bonds is 3. The van der Waals surface area contributed by atoms with Gasteiger partial charge in [-0.25, -0.2) is 4.31 Å². The Balaban J connectivity index is 2.30. The molecular weight excluding hydrogens is 246 g/mol. The van der Waals surface area contributed by atoms with Crippen molar-refractivity contribution >= 4 is 23.5 Å². The van der Waals surface area contributed by atoms with Crippen LogP contribution in [0.1, 0.15) is 11.7 Å². The number of aliphatic hydroxyl groups excluding tert-OH is 1. The lowest BCUT2D eigenvalue weighted by atomic mass is 10.1. The molecule has 1 aliphatic heterocycles. The highest BCUT2D eigenvalue weighted by atomic mass is 35.5. The molecule has 0 bridgehead atoms. The Morgan fingerprint density at radius 3 is 3.12 bits per heavy atom. The first kappa shape index (κ1) is 12.0. The predicted octanol–water partition coefficient (Wildman–Crippen LogP) is 2.29. The second-order valence-corrected chi connectivity index (χ2v) is 5.07. The van der Waals surface area contributed by atoms with Crippen molar-refractivity contribution in [2.24, 2.45) is 0 Å². The molecule has 3 nitrogen and oxygen atoms in total. The highest BCUT2D eigenvalue weighted by molar-refractivity contribution is 7.97. The molecule has 0 saturated heterocycles. The zero-order valence-corrected chi connectivity index (χ0v) is 10.6. The van der Waals surface area contributed by atoms with Gasteiger partial charge < -0.3 is 9.84 Å². The molecule has 0 radical (unpaired) electrons. The Morgan fingerprint density at radius 1 is 1.62 bits per heavy atom. The molecule has 1 atom stereocenters. The summed E-state index contributed by atoms with van der Waals surface area (Å²) in [5.41, 5.74) is 0.890. The predicted molar refractivity (Wildman–Crippen MR) is 66.1 cm³/mol. The molecule has 1 heterocycles. The molecule has 0 spiro atoms. The molecule has 0 aliphatic carbocycles. The third-order valence-electron chi connectivity index (χ3n) is 2.52. The quantitative estimate of drug-likeness (QED) is 0.667. The van der Waals surface area contributed by atoms with Crippen molar-refractivity contribution in [1.29, 1.82) is 0 Å². The van der Waals surface area contributed by atoms with E-state index in [9.17, 15) is 5.11 Å². The Kier molecular flexibility index (Phi) is 3.97. The molecule has 1 unspecified atom stereocenters. The van der Waals surface area contributed by atoms with Crippen LogP contribution in [0, 0.1) is 0 Å². The van der Waals surface area contributed by atoms with Crippen molar-refractivity contribution in [1.82, 2.24) is 4.31 Å². The van der Waals surface area contributed by atoms with Gasteiger partial charge in [-0.3, -0.25) is 0 Å². The fraction of sp³-hybridized carbons (Fsp3) is 0.455. The van der Waals surface area contributed by atoms with Crippen molar-refractivity contribution in [3.63, 3.8) is 0 Å². The summed E-state index contributed by atoms with van der Waals surface area (Å²) in [4.78, 5) is 1.04. The topological polar surface area (TPSA) is 32.7 Å². The number of aliphatic hydroxyl groups is 1. The molecule has 0 aromatic heterocycles. The molecule has 16 heavy (non-hydrogen) atoms. The maximum absolute atomic E-state index is 10.1. The van der Waals surface area contributed by atoms with E-state index in [1.165, 1.54) is 0 Å². The van der Waals surface area contributed by atoms with Gasteiger partial charge in [0.05, 0.1) is 13.2 Å². The van der Waals surface area contributed by atoms with Gasteiger partial charge in [-0.15, -0.1) is 11.6 Å². The van der Waals surface area contributed by atoms with Crippen molar-refractivity contribution in [2.45, 2.75) is 11.0 Å². The second-order valence-electron chi connectivity index (χ2n) is 3.56. The van der Waals surface area contributed by atoms with E-state index in [-0.39, 0.29) is 0 Å². The van der Waals surface area contributed by atoms with E-state index < -0.39 is 6.10 Å². The van der Waals surface area contributed by atoms with Crippen molar-refractivity contribution in [3.8, 4) is 5.75 Å². The number of nitrogens with zero attached hydrogens (tertiary/aromatic N) is 1. The van der Waals surface area contributed by atoms with Crippen LogP contribution in [0.4, 0.5) is 0 Å². The summed E-state index contributed by atoms with van der Waals surface area (Å²) in [7, 11) is 1.62. The van der Waals surface area contributed by atoms with Crippen LogP contribution in [-0.2, 0) is 0 Å². The summed E-state index contributed by atoms with van der Waals surface area (Å²) in [6.07, 6.45) is -0.504. The first-order chi connectivity index (χ1) is 7.76. The molecule has 0 amide bonds. The van der Waals surface area contributed by atoms with Crippen molar-refractivity contribution in [3.05, 3.63) is 23.8 Å². The number of hydrogen-bond donors (Lipinski definition) is 1. The summed E-state index contributed by atoms with van der Waals surface area (Å²) in [6, 6.07) is 5.80. The Labute approximate surface area is 104 Å². The van der Waals surface area contributed by atoms with Crippen LogP contribution in [0.25, 0.3) is 0 Å². The lowest BCUT2D eigenvalue weighted by Gasteiger charge is -2.31. The highest BCUT2D eigenvalue weighted by Gasteiger charge is 2.27. The largest absolute Gasteiger partial charge is 0.496 e. The average molecular weight is 260 g/mol. The number of alkyl halides is 1. The number of fused-ring (bicyclic) bond motifs is 1. The van der Waals surface area contributed by atoms with Gasteiger partial charge >= 0.3 is 0 Å². The van der Waals surface area contributed by atoms with Crippen LogP contribution < -0.4 is 4.74 Å². The van der Waals surface area contributed by atoms with Crippen molar-refractivity contribution < 1.29 is 9.84 Å². The van der Waals surface area contributed by atoms with E-state index in [1.807, 2.05) is 18.2 Å². The van der Waals surface area contributed by atoms with Gasteiger partial charge in [0, 0.05) is 29.4 Å². The summed E-state index contributed by atoms with van der Waals surface area (Å²) in [5.74, 6) is 1.32. The number of benzene rings is 1.